The molecule has 0 unspecified atom stereocenters. The van der Waals surface area contributed by atoms with Crippen LogP contribution in [-0.2, 0) is 9.53 Å². The number of ether oxygens (including phenoxy) is 2. The molecule has 0 heterocycles. The van der Waals surface area contributed by atoms with E-state index in [0.717, 1.165) is 5.56 Å². The maximum absolute atomic E-state index is 11.7. The van der Waals surface area contributed by atoms with Gasteiger partial charge in [0.1, 0.15) is 0 Å². The number of hydrogen-bond donors (Lipinski definition) is 1. The van der Waals surface area contributed by atoms with Crippen LogP contribution >= 0.6 is 0 Å². The van der Waals surface area contributed by atoms with Crippen LogP contribution in [-0.4, -0.2) is 24.3 Å². The van der Waals surface area contributed by atoms with Crippen molar-refractivity contribution in [2.45, 2.75) is 27.2 Å². The van der Waals surface area contributed by atoms with E-state index in [1.54, 1.807) is 31.2 Å². The van der Waals surface area contributed by atoms with E-state index < -0.39 is 0 Å². The summed E-state index contributed by atoms with van der Waals surface area (Å²) in [6, 6.07) is 4.98. The van der Waals surface area contributed by atoms with Crippen LogP contribution in [0, 0.1) is 0 Å². The molecule has 1 aromatic carbocycles. The molecule has 1 N–H and O–H groups in total. The first-order chi connectivity index (χ1) is 9.12. The maximum Gasteiger partial charge on any atom is 0.333 e. The average Bonchev–Trinajstić information content (AvgIpc) is 2.40. The van der Waals surface area contributed by atoms with E-state index >= 15 is 0 Å². The standard InChI is InChI=1S/C15H20O4/c1-4-12(15(17)19-6-3)9-11-7-8-13(16)14(10-11)18-5-2/h7-10,16H,4-6H2,1-3H3. The van der Waals surface area contributed by atoms with Crippen molar-refractivity contribution in [1.82, 2.24) is 0 Å². The Morgan fingerprint density at radius 1 is 1.26 bits per heavy atom. The molecule has 0 aliphatic carbocycles. The summed E-state index contributed by atoms with van der Waals surface area (Å²) in [6.45, 7) is 6.35. The van der Waals surface area contributed by atoms with Crippen LogP contribution in [0.5, 0.6) is 11.5 Å². The van der Waals surface area contributed by atoms with Gasteiger partial charge in [-0.15, -0.1) is 0 Å². The second-order valence-electron chi connectivity index (χ2n) is 3.90. The highest BCUT2D eigenvalue weighted by molar-refractivity contribution is 5.93. The van der Waals surface area contributed by atoms with Gasteiger partial charge >= 0.3 is 5.97 Å². The highest BCUT2D eigenvalue weighted by atomic mass is 16.5. The zero-order valence-electron chi connectivity index (χ0n) is 11.6. The third-order valence-electron chi connectivity index (χ3n) is 2.54. The molecule has 1 aromatic rings. The number of rotatable bonds is 6. The summed E-state index contributed by atoms with van der Waals surface area (Å²) in [6.07, 6.45) is 2.34. The minimum absolute atomic E-state index is 0.0909. The van der Waals surface area contributed by atoms with Gasteiger partial charge in [0, 0.05) is 5.57 Å². The molecule has 104 valence electrons. The van der Waals surface area contributed by atoms with E-state index in [1.807, 2.05) is 13.8 Å². The molecule has 0 radical (unpaired) electrons. The van der Waals surface area contributed by atoms with Crippen molar-refractivity contribution in [3.05, 3.63) is 29.3 Å². The van der Waals surface area contributed by atoms with Crippen LogP contribution in [0.2, 0.25) is 0 Å². The number of carbonyl (C=O) groups excluding carboxylic acids is 1. The number of carbonyl (C=O) groups is 1. The summed E-state index contributed by atoms with van der Waals surface area (Å²) in [4.78, 5) is 11.7. The van der Waals surface area contributed by atoms with E-state index in [-0.39, 0.29) is 11.7 Å². The molecule has 1 rings (SSSR count). The van der Waals surface area contributed by atoms with Gasteiger partial charge in [-0.05, 0) is 44.0 Å². The van der Waals surface area contributed by atoms with E-state index in [1.165, 1.54) is 0 Å². The van der Waals surface area contributed by atoms with Gasteiger partial charge in [-0.3, -0.25) is 0 Å². The van der Waals surface area contributed by atoms with Gasteiger partial charge in [0.25, 0.3) is 0 Å². The second kappa shape index (κ2) is 7.46. The molecule has 19 heavy (non-hydrogen) atoms. The Morgan fingerprint density at radius 2 is 2.00 bits per heavy atom. The second-order valence-corrected chi connectivity index (χ2v) is 3.90. The highest BCUT2D eigenvalue weighted by Gasteiger charge is 2.09. The van der Waals surface area contributed by atoms with Crippen molar-refractivity contribution in [3.8, 4) is 11.5 Å². The van der Waals surface area contributed by atoms with Crippen molar-refractivity contribution in [2.75, 3.05) is 13.2 Å². The quantitative estimate of drug-likeness (QED) is 0.633. The van der Waals surface area contributed by atoms with E-state index in [4.69, 9.17) is 9.47 Å². The first kappa shape index (κ1) is 15.1. The van der Waals surface area contributed by atoms with Gasteiger partial charge in [-0.2, -0.15) is 0 Å². The van der Waals surface area contributed by atoms with Gasteiger partial charge in [0.15, 0.2) is 11.5 Å². The molecule has 0 amide bonds. The van der Waals surface area contributed by atoms with Crippen molar-refractivity contribution in [3.63, 3.8) is 0 Å². The van der Waals surface area contributed by atoms with Crippen LogP contribution in [0.3, 0.4) is 0 Å². The fraction of sp³-hybridized carbons (Fsp3) is 0.400. The van der Waals surface area contributed by atoms with Gasteiger partial charge < -0.3 is 14.6 Å². The number of benzene rings is 1. The van der Waals surface area contributed by atoms with Crippen LogP contribution in [0.25, 0.3) is 6.08 Å². The van der Waals surface area contributed by atoms with Gasteiger partial charge in [-0.1, -0.05) is 13.0 Å². The molecule has 0 aromatic heterocycles. The maximum atomic E-state index is 11.7. The van der Waals surface area contributed by atoms with Crippen molar-refractivity contribution < 1.29 is 19.4 Å². The fourth-order valence-corrected chi connectivity index (χ4v) is 1.62. The number of hydrogen-bond acceptors (Lipinski definition) is 4. The number of esters is 1. The van der Waals surface area contributed by atoms with E-state index in [9.17, 15) is 9.90 Å². The average molecular weight is 264 g/mol. The van der Waals surface area contributed by atoms with Crippen molar-refractivity contribution in [1.29, 1.82) is 0 Å². The van der Waals surface area contributed by atoms with Crippen LogP contribution in [0.4, 0.5) is 0 Å². The van der Waals surface area contributed by atoms with Gasteiger partial charge in [0.05, 0.1) is 13.2 Å². The molecule has 0 saturated carbocycles. The Balaban J connectivity index is 3.01. The summed E-state index contributed by atoms with van der Waals surface area (Å²) in [5.41, 5.74) is 1.39. The Hall–Kier alpha value is -1.97. The molecule has 0 bridgehead atoms. The minimum atomic E-state index is -0.309. The predicted octanol–water partition coefficient (Wildman–Crippen LogP) is 3.15. The summed E-state index contributed by atoms with van der Waals surface area (Å²) in [7, 11) is 0. The number of phenolic OH excluding ortho intramolecular Hbond substituents is 1. The Bertz CT molecular complexity index is 463. The summed E-state index contributed by atoms with van der Waals surface area (Å²) in [5, 5.41) is 9.61. The van der Waals surface area contributed by atoms with Crippen molar-refractivity contribution in [2.24, 2.45) is 0 Å². The molecule has 0 aliphatic rings. The summed E-state index contributed by atoms with van der Waals surface area (Å²) in [5.74, 6) is 0.194. The largest absolute Gasteiger partial charge is 0.504 e. The van der Waals surface area contributed by atoms with Crippen LogP contribution < -0.4 is 4.74 Å². The molecule has 0 aliphatic heterocycles. The first-order valence-corrected chi connectivity index (χ1v) is 6.45. The summed E-state index contributed by atoms with van der Waals surface area (Å²) < 4.78 is 10.3. The molecule has 0 fully saturated rings. The molecule has 4 heteroatoms. The third-order valence-corrected chi connectivity index (χ3v) is 2.54. The number of aromatic hydroxyl groups is 1. The van der Waals surface area contributed by atoms with Crippen LogP contribution in [0.1, 0.15) is 32.8 Å². The normalized spacial score (nSPS) is 11.2. The lowest BCUT2D eigenvalue weighted by atomic mass is 10.1. The Kier molecular flexibility index (Phi) is 5.93. The highest BCUT2D eigenvalue weighted by Crippen LogP contribution is 2.28. The van der Waals surface area contributed by atoms with Crippen LogP contribution in [0.15, 0.2) is 23.8 Å². The lowest BCUT2D eigenvalue weighted by molar-refractivity contribution is -0.138. The Morgan fingerprint density at radius 3 is 2.58 bits per heavy atom. The summed E-state index contributed by atoms with van der Waals surface area (Å²) >= 11 is 0. The minimum Gasteiger partial charge on any atom is -0.504 e. The fourth-order valence-electron chi connectivity index (χ4n) is 1.62. The lowest BCUT2D eigenvalue weighted by Gasteiger charge is -2.08. The monoisotopic (exact) mass is 264 g/mol. The SMILES string of the molecule is CCOC(=O)C(=Cc1ccc(O)c(OCC)c1)CC. The third kappa shape index (κ3) is 4.32. The van der Waals surface area contributed by atoms with E-state index in [2.05, 4.69) is 0 Å². The Labute approximate surface area is 113 Å². The van der Waals surface area contributed by atoms with E-state index in [0.29, 0.717) is 31.0 Å². The molecular weight excluding hydrogens is 244 g/mol. The predicted molar refractivity (Wildman–Crippen MR) is 74.2 cm³/mol. The molecule has 4 nitrogen and oxygen atoms in total. The van der Waals surface area contributed by atoms with Gasteiger partial charge in [0.2, 0.25) is 0 Å². The molecule has 0 spiro atoms. The lowest BCUT2D eigenvalue weighted by Crippen LogP contribution is -2.06. The zero-order valence-corrected chi connectivity index (χ0v) is 11.6. The number of phenols is 1. The molecular formula is C15H20O4. The smallest absolute Gasteiger partial charge is 0.333 e. The first-order valence-electron chi connectivity index (χ1n) is 6.45. The topological polar surface area (TPSA) is 55.8 Å². The van der Waals surface area contributed by atoms with Gasteiger partial charge in [-0.25, -0.2) is 4.79 Å². The van der Waals surface area contributed by atoms with Crippen molar-refractivity contribution >= 4 is 12.0 Å². The molecule has 0 saturated heterocycles. The molecule has 0 atom stereocenters. The zero-order chi connectivity index (χ0) is 14.3.